The average Bonchev–Trinajstić information content (AvgIpc) is 2.49. The molecule has 0 amide bonds. The predicted molar refractivity (Wildman–Crippen MR) is 78.2 cm³/mol. The smallest absolute Gasteiger partial charge is 0.423 e. The zero-order valence-corrected chi connectivity index (χ0v) is 13.0. The summed E-state index contributed by atoms with van der Waals surface area (Å²) in [6.45, 7) is 1.86. The van der Waals surface area contributed by atoms with Crippen LogP contribution < -0.4 is 8.92 Å². The first-order chi connectivity index (χ1) is 11.1. The van der Waals surface area contributed by atoms with Crippen molar-refractivity contribution in [2.75, 3.05) is 0 Å². The first-order valence-electron chi connectivity index (χ1n) is 6.48. The summed E-state index contributed by atoms with van der Waals surface area (Å²) in [7, 11) is -5.75. The van der Waals surface area contributed by atoms with Crippen molar-refractivity contribution in [2.24, 2.45) is 0 Å². The highest BCUT2D eigenvalue weighted by Gasteiger charge is 2.48. The number of halogens is 3. The quantitative estimate of drug-likeness (QED) is 0.362. The highest BCUT2D eigenvalue weighted by molar-refractivity contribution is 7.88. The molecule has 0 saturated heterocycles. The van der Waals surface area contributed by atoms with Crippen LogP contribution in [0.4, 0.5) is 13.2 Å². The molecule has 0 spiro atoms. The number of rotatable bonds is 4. The topological polar surface area (TPSA) is 69.7 Å². The summed E-state index contributed by atoms with van der Waals surface area (Å²) < 4.78 is 67.4. The maximum atomic E-state index is 12.2. The fourth-order valence-corrected chi connectivity index (χ4v) is 2.05. The van der Waals surface area contributed by atoms with Crippen molar-refractivity contribution in [1.29, 1.82) is 0 Å². The van der Waals surface area contributed by atoms with Crippen LogP contribution in [0.5, 0.6) is 11.5 Å². The van der Waals surface area contributed by atoms with E-state index in [-0.39, 0.29) is 5.56 Å². The number of esters is 1. The molecule has 0 aromatic heterocycles. The minimum Gasteiger partial charge on any atom is -0.423 e. The van der Waals surface area contributed by atoms with Crippen LogP contribution in [0.3, 0.4) is 0 Å². The average molecular weight is 360 g/mol. The molecule has 0 fully saturated rings. The Hall–Kier alpha value is -2.55. The summed E-state index contributed by atoms with van der Waals surface area (Å²) in [6, 6.07) is 10.7. The van der Waals surface area contributed by atoms with Gasteiger partial charge in [-0.05, 0) is 43.3 Å². The highest BCUT2D eigenvalue weighted by atomic mass is 32.2. The third-order valence-corrected chi connectivity index (χ3v) is 3.79. The Bertz CT molecular complexity index is 825. The van der Waals surface area contributed by atoms with Gasteiger partial charge in [0.25, 0.3) is 0 Å². The number of hydrogen-bond acceptors (Lipinski definition) is 5. The SMILES string of the molecule is Cc1ccc(OC(=O)c2ccc(OS(=O)(=O)C(F)(F)F)cc2)cc1. The number of ether oxygens (including phenoxy) is 1. The summed E-state index contributed by atoms with van der Waals surface area (Å²) in [4.78, 5) is 11.9. The molecule has 5 nitrogen and oxygen atoms in total. The zero-order valence-electron chi connectivity index (χ0n) is 12.2. The fraction of sp³-hybridized carbons (Fsp3) is 0.133. The van der Waals surface area contributed by atoms with Crippen LogP contribution in [0.25, 0.3) is 0 Å². The molecule has 24 heavy (non-hydrogen) atoms. The first kappa shape index (κ1) is 17.8. The molecule has 0 saturated carbocycles. The van der Waals surface area contributed by atoms with Crippen LogP contribution in [0, 0.1) is 6.92 Å². The summed E-state index contributed by atoms with van der Waals surface area (Å²) in [5.74, 6) is -1.02. The van der Waals surface area contributed by atoms with Gasteiger partial charge in [0.05, 0.1) is 5.56 Å². The van der Waals surface area contributed by atoms with Crippen molar-refractivity contribution < 1.29 is 35.3 Å². The first-order valence-corrected chi connectivity index (χ1v) is 7.89. The molecule has 0 aliphatic heterocycles. The predicted octanol–water partition coefficient (Wildman–Crippen LogP) is 3.44. The van der Waals surface area contributed by atoms with Crippen LogP contribution in [0.2, 0.25) is 0 Å². The molecule has 128 valence electrons. The van der Waals surface area contributed by atoms with Crippen molar-refractivity contribution in [3.05, 3.63) is 59.7 Å². The lowest BCUT2D eigenvalue weighted by Crippen LogP contribution is -2.28. The van der Waals surface area contributed by atoms with Gasteiger partial charge in [0, 0.05) is 0 Å². The minimum absolute atomic E-state index is 0.0207. The maximum Gasteiger partial charge on any atom is 0.534 e. The minimum atomic E-state index is -5.75. The molecule has 2 rings (SSSR count). The molecular formula is C15H11F3O5S. The molecule has 9 heteroatoms. The lowest BCUT2D eigenvalue weighted by atomic mass is 10.2. The molecule has 0 unspecified atom stereocenters. The molecule has 0 atom stereocenters. The van der Waals surface area contributed by atoms with E-state index in [1.807, 2.05) is 6.92 Å². The molecule has 0 heterocycles. The van der Waals surface area contributed by atoms with Gasteiger partial charge >= 0.3 is 21.6 Å². The monoisotopic (exact) mass is 360 g/mol. The standard InChI is InChI=1S/C15H11F3O5S/c1-10-2-6-12(7-3-10)22-14(19)11-4-8-13(9-5-11)23-24(20,21)15(16,17)18/h2-9H,1H3. The van der Waals surface area contributed by atoms with Crippen molar-refractivity contribution in [1.82, 2.24) is 0 Å². The number of alkyl halides is 3. The summed E-state index contributed by atoms with van der Waals surface area (Å²) >= 11 is 0. The van der Waals surface area contributed by atoms with Gasteiger partial charge in [-0.25, -0.2) is 4.79 Å². The van der Waals surface area contributed by atoms with Gasteiger partial charge in [0.2, 0.25) is 0 Å². The van der Waals surface area contributed by atoms with Gasteiger partial charge in [-0.3, -0.25) is 0 Å². The second-order valence-corrected chi connectivity index (χ2v) is 6.25. The lowest BCUT2D eigenvalue weighted by Gasteiger charge is -2.09. The largest absolute Gasteiger partial charge is 0.534 e. The Morgan fingerprint density at radius 2 is 1.42 bits per heavy atom. The molecule has 0 N–H and O–H groups in total. The van der Waals surface area contributed by atoms with E-state index >= 15 is 0 Å². The number of carbonyl (C=O) groups is 1. The van der Waals surface area contributed by atoms with E-state index in [0.29, 0.717) is 5.75 Å². The summed E-state index contributed by atoms with van der Waals surface area (Å²) in [6.07, 6.45) is 0. The van der Waals surface area contributed by atoms with Crippen molar-refractivity contribution in [3.63, 3.8) is 0 Å². The van der Waals surface area contributed by atoms with Gasteiger partial charge in [0.15, 0.2) is 0 Å². The maximum absolute atomic E-state index is 12.2. The van der Waals surface area contributed by atoms with E-state index < -0.39 is 27.3 Å². The van der Waals surface area contributed by atoms with Crippen molar-refractivity contribution in [2.45, 2.75) is 12.4 Å². The molecule has 0 radical (unpaired) electrons. The van der Waals surface area contributed by atoms with Gasteiger partial charge in [-0.2, -0.15) is 21.6 Å². The summed E-state index contributed by atoms with van der Waals surface area (Å²) in [5, 5.41) is 0. The normalized spacial score (nSPS) is 11.8. The Morgan fingerprint density at radius 3 is 1.92 bits per heavy atom. The Labute approximate surface area is 135 Å². The van der Waals surface area contributed by atoms with Gasteiger partial charge in [0.1, 0.15) is 11.5 Å². The van der Waals surface area contributed by atoms with Crippen LogP contribution >= 0.6 is 0 Å². The van der Waals surface area contributed by atoms with E-state index in [9.17, 15) is 26.4 Å². The number of hydrogen-bond donors (Lipinski definition) is 0. The van der Waals surface area contributed by atoms with E-state index in [1.54, 1.807) is 24.3 Å². The van der Waals surface area contributed by atoms with Crippen LogP contribution in [0.1, 0.15) is 15.9 Å². The Kier molecular flexibility index (Phi) is 4.83. The molecular weight excluding hydrogens is 349 g/mol. The van der Waals surface area contributed by atoms with E-state index in [0.717, 1.165) is 29.8 Å². The van der Waals surface area contributed by atoms with Crippen LogP contribution in [-0.2, 0) is 10.1 Å². The third-order valence-electron chi connectivity index (χ3n) is 2.81. The Morgan fingerprint density at radius 1 is 0.917 bits per heavy atom. The van der Waals surface area contributed by atoms with E-state index in [2.05, 4.69) is 4.18 Å². The van der Waals surface area contributed by atoms with E-state index in [1.165, 1.54) is 0 Å². The molecule has 2 aromatic rings. The van der Waals surface area contributed by atoms with Crippen LogP contribution in [-0.4, -0.2) is 19.9 Å². The second-order valence-electron chi connectivity index (χ2n) is 4.71. The van der Waals surface area contributed by atoms with Gasteiger partial charge in [-0.15, -0.1) is 0 Å². The molecule has 0 aliphatic carbocycles. The van der Waals surface area contributed by atoms with Crippen molar-refractivity contribution in [3.8, 4) is 11.5 Å². The molecule has 2 aromatic carbocycles. The number of aryl methyl sites for hydroxylation is 1. The summed E-state index contributed by atoms with van der Waals surface area (Å²) in [5.41, 5.74) is -4.54. The number of carbonyl (C=O) groups excluding carboxylic acids is 1. The van der Waals surface area contributed by atoms with Gasteiger partial charge in [-0.1, -0.05) is 17.7 Å². The van der Waals surface area contributed by atoms with E-state index in [4.69, 9.17) is 4.74 Å². The third kappa shape index (κ3) is 4.25. The highest BCUT2D eigenvalue weighted by Crippen LogP contribution is 2.27. The lowest BCUT2D eigenvalue weighted by molar-refractivity contribution is -0.0500. The number of benzene rings is 2. The zero-order chi connectivity index (χ0) is 18.0. The molecule has 0 aliphatic rings. The fourth-order valence-electron chi connectivity index (χ4n) is 1.59. The van der Waals surface area contributed by atoms with Crippen LogP contribution in [0.15, 0.2) is 48.5 Å². The van der Waals surface area contributed by atoms with Gasteiger partial charge < -0.3 is 8.92 Å². The molecule has 0 bridgehead atoms. The Balaban J connectivity index is 2.09. The second kappa shape index (κ2) is 6.52. The van der Waals surface area contributed by atoms with Crippen molar-refractivity contribution >= 4 is 16.1 Å².